The monoisotopic (exact) mass is 337 g/mol. The van der Waals surface area contributed by atoms with E-state index in [9.17, 15) is 9.50 Å². The van der Waals surface area contributed by atoms with Crippen molar-refractivity contribution in [1.82, 2.24) is 10.2 Å². The molecule has 0 saturated carbocycles. The Bertz CT molecular complexity index is 819. The van der Waals surface area contributed by atoms with Crippen molar-refractivity contribution in [2.75, 3.05) is 11.9 Å². The maximum absolute atomic E-state index is 13.0. The Labute approximate surface area is 146 Å². The summed E-state index contributed by atoms with van der Waals surface area (Å²) in [6.45, 7) is 2.75. The number of nitrogens with one attached hydrogen (secondary N) is 1. The molecule has 128 valence electrons. The summed E-state index contributed by atoms with van der Waals surface area (Å²) in [5.74, 6) is 0.690. The summed E-state index contributed by atoms with van der Waals surface area (Å²) in [4.78, 5) is 0. The van der Waals surface area contributed by atoms with Crippen molar-refractivity contribution >= 4 is 5.82 Å². The third kappa shape index (κ3) is 4.39. The first kappa shape index (κ1) is 17.0. The number of hydrogen-bond acceptors (Lipinski definition) is 4. The average molecular weight is 337 g/mol. The third-order valence-corrected chi connectivity index (χ3v) is 4.10. The molecule has 2 N–H and O–H groups in total. The van der Waals surface area contributed by atoms with Crippen LogP contribution in [0.25, 0.3) is 11.3 Å². The van der Waals surface area contributed by atoms with Gasteiger partial charge < -0.3 is 10.4 Å². The fourth-order valence-corrected chi connectivity index (χ4v) is 2.58. The fraction of sp³-hybridized carbons (Fsp3) is 0.200. The number of aromatic nitrogens is 2. The van der Waals surface area contributed by atoms with Gasteiger partial charge in [-0.2, -0.15) is 0 Å². The lowest BCUT2D eigenvalue weighted by molar-refractivity contribution is 0.282. The molecular formula is C20H20FN3O. The van der Waals surface area contributed by atoms with Crippen LogP contribution in [0.1, 0.15) is 24.0 Å². The number of nitrogens with zero attached hydrogens (tertiary/aromatic N) is 2. The van der Waals surface area contributed by atoms with Crippen molar-refractivity contribution in [3.63, 3.8) is 0 Å². The molecule has 0 aliphatic heterocycles. The van der Waals surface area contributed by atoms with E-state index in [4.69, 9.17) is 0 Å². The van der Waals surface area contributed by atoms with Crippen molar-refractivity contribution < 1.29 is 9.50 Å². The molecule has 5 heteroatoms. The van der Waals surface area contributed by atoms with E-state index in [2.05, 4.69) is 22.4 Å². The smallest absolute Gasteiger partial charge is 0.148 e. The standard InChI is InChI=1S/C20H20FN3O/c1-14(16-5-7-18(21)8-6-16)12-22-20-10-9-19(23-24-20)17-4-2-3-15(11-17)13-25/h2-11,14,25H,12-13H2,1H3,(H,22,24). The van der Waals surface area contributed by atoms with E-state index in [-0.39, 0.29) is 18.3 Å². The molecule has 25 heavy (non-hydrogen) atoms. The van der Waals surface area contributed by atoms with Gasteiger partial charge in [-0.05, 0) is 47.4 Å². The normalized spacial score (nSPS) is 12.0. The van der Waals surface area contributed by atoms with Crippen molar-refractivity contribution in [1.29, 1.82) is 0 Å². The SMILES string of the molecule is CC(CNc1ccc(-c2cccc(CO)c2)nn1)c1ccc(F)cc1. The van der Waals surface area contributed by atoms with Crippen LogP contribution in [-0.2, 0) is 6.61 Å². The molecule has 0 aliphatic carbocycles. The molecule has 0 radical (unpaired) electrons. The highest BCUT2D eigenvalue weighted by Gasteiger charge is 2.07. The van der Waals surface area contributed by atoms with Gasteiger partial charge >= 0.3 is 0 Å². The van der Waals surface area contributed by atoms with E-state index in [0.717, 1.165) is 22.4 Å². The van der Waals surface area contributed by atoms with Crippen molar-refractivity contribution in [2.24, 2.45) is 0 Å². The Kier molecular flexibility index (Phi) is 5.36. The van der Waals surface area contributed by atoms with Gasteiger partial charge in [0.15, 0.2) is 0 Å². The van der Waals surface area contributed by atoms with Gasteiger partial charge in [-0.3, -0.25) is 0 Å². The lowest BCUT2D eigenvalue weighted by Gasteiger charge is -2.13. The molecular weight excluding hydrogens is 317 g/mol. The molecule has 3 aromatic rings. The Morgan fingerprint density at radius 2 is 1.84 bits per heavy atom. The number of halogens is 1. The zero-order valence-electron chi connectivity index (χ0n) is 14.0. The largest absolute Gasteiger partial charge is 0.392 e. The molecule has 0 saturated heterocycles. The summed E-state index contributed by atoms with van der Waals surface area (Å²) in [5.41, 5.74) is 3.59. The van der Waals surface area contributed by atoms with Crippen LogP contribution >= 0.6 is 0 Å². The van der Waals surface area contributed by atoms with Gasteiger partial charge in [0.25, 0.3) is 0 Å². The molecule has 0 aliphatic rings. The molecule has 1 heterocycles. The summed E-state index contributed by atoms with van der Waals surface area (Å²) in [7, 11) is 0. The van der Waals surface area contributed by atoms with Crippen molar-refractivity contribution in [2.45, 2.75) is 19.4 Å². The van der Waals surface area contributed by atoms with E-state index in [0.29, 0.717) is 12.4 Å². The number of rotatable bonds is 6. The van der Waals surface area contributed by atoms with Gasteiger partial charge in [0.05, 0.1) is 12.3 Å². The van der Waals surface area contributed by atoms with Crippen LogP contribution in [-0.4, -0.2) is 21.8 Å². The van der Waals surface area contributed by atoms with Gasteiger partial charge in [0.2, 0.25) is 0 Å². The quantitative estimate of drug-likeness (QED) is 0.714. The Hall–Kier alpha value is -2.79. The molecule has 3 rings (SSSR count). The minimum atomic E-state index is -0.226. The maximum atomic E-state index is 13.0. The predicted octanol–water partition coefficient (Wildman–Crippen LogP) is 3.99. The molecule has 0 amide bonds. The summed E-state index contributed by atoms with van der Waals surface area (Å²) >= 11 is 0. The van der Waals surface area contributed by atoms with Gasteiger partial charge in [-0.15, -0.1) is 10.2 Å². The van der Waals surface area contributed by atoms with E-state index in [1.807, 2.05) is 36.4 Å². The minimum absolute atomic E-state index is 0.00216. The zero-order chi connectivity index (χ0) is 17.6. The van der Waals surface area contributed by atoms with E-state index in [1.54, 1.807) is 12.1 Å². The first-order valence-electron chi connectivity index (χ1n) is 8.19. The molecule has 4 nitrogen and oxygen atoms in total. The maximum Gasteiger partial charge on any atom is 0.148 e. The van der Waals surface area contributed by atoms with Gasteiger partial charge in [0.1, 0.15) is 11.6 Å². The molecule has 1 atom stereocenters. The minimum Gasteiger partial charge on any atom is -0.392 e. The van der Waals surface area contributed by atoms with Crippen LogP contribution in [0.4, 0.5) is 10.2 Å². The molecule has 0 fully saturated rings. The molecule has 2 aromatic carbocycles. The van der Waals surface area contributed by atoms with E-state index < -0.39 is 0 Å². The first-order valence-corrected chi connectivity index (χ1v) is 8.19. The Morgan fingerprint density at radius 1 is 1.04 bits per heavy atom. The van der Waals surface area contributed by atoms with Gasteiger partial charge in [-0.1, -0.05) is 37.3 Å². The van der Waals surface area contributed by atoms with Crippen molar-refractivity contribution in [3.05, 3.63) is 77.6 Å². The number of aliphatic hydroxyl groups excluding tert-OH is 1. The highest BCUT2D eigenvalue weighted by molar-refractivity contribution is 5.60. The zero-order valence-corrected chi connectivity index (χ0v) is 14.0. The fourth-order valence-electron chi connectivity index (χ4n) is 2.58. The highest BCUT2D eigenvalue weighted by atomic mass is 19.1. The topological polar surface area (TPSA) is 58.0 Å². The first-order chi connectivity index (χ1) is 12.2. The average Bonchev–Trinajstić information content (AvgIpc) is 2.67. The van der Waals surface area contributed by atoms with Crippen LogP contribution in [0.3, 0.4) is 0 Å². The second-order valence-corrected chi connectivity index (χ2v) is 6.00. The second-order valence-electron chi connectivity index (χ2n) is 6.00. The van der Waals surface area contributed by atoms with Gasteiger partial charge in [-0.25, -0.2) is 4.39 Å². The Balaban J connectivity index is 1.63. The summed E-state index contributed by atoms with van der Waals surface area (Å²) in [5, 5.41) is 20.9. The molecule has 0 bridgehead atoms. The number of anilines is 1. The Morgan fingerprint density at radius 3 is 2.52 bits per heavy atom. The lowest BCUT2D eigenvalue weighted by atomic mass is 10.0. The second kappa shape index (κ2) is 7.85. The summed E-state index contributed by atoms with van der Waals surface area (Å²) < 4.78 is 13.0. The summed E-state index contributed by atoms with van der Waals surface area (Å²) in [6.07, 6.45) is 0. The predicted molar refractivity (Wildman–Crippen MR) is 96.7 cm³/mol. The van der Waals surface area contributed by atoms with Crippen LogP contribution in [0.5, 0.6) is 0 Å². The van der Waals surface area contributed by atoms with Crippen LogP contribution < -0.4 is 5.32 Å². The van der Waals surface area contributed by atoms with E-state index in [1.165, 1.54) is 12.1 Å². The highest BCUT2D eigenvalue weighted by Crippen LogP contribution is 2.20. The number of benzene rings is 2. The van der Waals surface area contributed by atoms with Crippen LogP contribution in [0.15, 0.2) is 60.7 Å². The van der Waals surface area contributed by atoms with E-state index >= 15 is 0 Å². The lowest BCUT2D eigenvalue weighted by Crippen LogP contribution is -2.11. The summed E-state index contributed by atoms with van der Waals surface area (Å²) in [6, 6.07) is 17.9. The van der Waals surface area contributed by atoms with Crippen LogP contribution in [0.2, 0.25) is 0 Å². The number of hydrogen-bond donors (Lipinski definition) is 2. The molecule has 1 aromatic heterocycles. The third-order valence-electron chi connectivity index (χ3n) is 4.10. The van der Waals surface area contributed by atoms with Crippen molar-refractivity contribution in [3.8, 4) is 11.3 Å². The molecule has 0 spiro atoms. The van der Waals surface area contributed by atoms with Gasteiger partial charge in [0, 0.05) is 12.1 Å². The molecule has 1 unspecified atom stereocenters. The number of aliphatic hydroxyl groups is 1. The van der Waals surface area contributed by atoms with Crippen LogP contribution in [0, 0.1) is 5.82 Å².